The monoisotopic (exact) mass is 426 g/mol. The molecule has 0 saturated carbocycles. The van der Waals surface area contributed by atoms with Crippen molar-refractivity contribution < 1.29 is 29.2 Å². The highest BCUT2D eigenvalue weighted by Gasteiger charge is 2.38. The summed E-state index contributed by atoms with van der Waals surface area (Å²) >= 11 is 0. The maximum Gasteiger partial charge on any atom is 0.153 e. The molecule has 31 heavy (non-hydrogen) atoms. The first-order valence-electron chi connectivity index (χ1n) is 10.5. The van der Waals surface area contributed by atoms with Crippen LogP contribution in [0.15, 0.2) is 48.7 Å². The van der Waals surface area contributed by atoms with Crippen LogP contribution in [0, 0.1) is 6.92 Å². The Morgan fingerprint density at radius 3 is 2.55 bits per heavy atom. The summed E-state index contributed by atoms with van der Waals surface area (Å²) in [6.45, 7) is 7.65. The number of aryl methyl sites for hydroxylation is 1. The number of para-hydroxylation sites is 1. The van der Waals surface area contributed by atoms with Crippen molar-refractivity contribution in [1.82, 2.24) is 0 Å². The molecular weight excluding hydrogens is 396 g/mol. The number of aldehydes is 1. The van der Waals surface area contributed by atoms with E-state index in [1.54, 1.807) is 12.1 Å². The fourth-order valence-electron chi connectivity index (χ4n) is 3.76. The van der Waals surface area contributed by atoms with Crippen LogP contribution in [0.5, 0.6) is 11.5 Å². The van der Waals surface area contributed by atoms with Gasteiger partial charge in [0.1, 0.15) is 23.9 Å². The van der Waals surface area contributed by atoms with Crippen LogP contribution >= 0.6 is 0 Å². The van der Waals surface area contributed by atoms with Crippen LogP contribution in [0.2, 0.25) is 0 Å². The number of hydrogen-bond donors (Lipinski definition) is 2. The lowest BCUT2D eigenvalue weighted by Crippen LogP contribution is -2.46. The molecule has 0 aromatic heterocycles. The Bertz CT molecular complexity index is 918. The number of allylic oxidation sites excluding steroid dienone is 1. The number of aliphatic hydroxyl groups excluding tert-OH is 1. The Morgan fingerprint density at radius 2 is 1.90 bits per heavy atom. The number of benzene rings is 2. The van der Waals surface area contributed by atoms with Crippen molar-refractivity contribution in [2.75, 3.05) is 0 Å². The van der Waals surface area contributed by atoms with Crippen molar-refractivity contribution in [2.24, 2.45) is 0 Å². The van der Waals surface area contributed by atoms with Gasteiger partial charge < -0.3 is 24.4 Å². The third-order valence-corrected chi connectivity index (χ3v) is 5.35. The SMILES string of the molecule is Cc1cccc(C2CC(OC(C)C)C(O)C(C)O2)c1O/C=C(\C=O)c1ccc(O)cc1. The molecule has 0 aliphatic carbocycles. The molecule has 1 fully saturated rings. The molecule has 0 spiro atoms. The molecule has 4 atom stereocenters. The number of rotatable bonds is 7. The molecule has 1 saturated heterocycles. The van der Waals surface area contributed by atoms with E-state index in [1.165, 1.54) is 18.4 Å². The van der Waals surface area contributed by atoms with Gasteiger partial charge in [-0.05, 0) is 51.0 Å². The van der Waals surface area contributed by atoms with E-state index in [-0.39, 0.29) is 24.1 Å². The van der Waals surface area contributed by atoms with Gasteiger partial charge in [-0.25, -0.2) is 0 Å². The zero-order chi connectivity index (χ0) is 22.5. The van der Waals surface area contributed by atoms with Gasteiger partial charge in [0.25, 0.3) is 0 Å². The first-order valence-corrected chi connectivity index (χ1v) is 10.5. The Balaban J connectivity index is 1.89. The van der Waals surface area contributed by atoms with E-state index in [0.29, 0.717) is 29.6 Å². The number of aromatic hydroxyl groups is 1. The average Bonchev–Trinajstić information content (AvgIpc) is 2.73. The van der Waals surface area contributed by atoms with Crippen molar-refractivity contribution in [2.45, 2.75) is 64.6 Å². The molecule has 6 nitrogen and oxygen atoms in total. The minimum atomic E-state index is -0.705. The summed E-state index contributed by atoms with van der Waals surface area (Å²) in [5.74, 6) is 0.734. The van der Waals surface area contributed by atoms with Gasteiger partial charge in [-0.15, -0.1) is 0 Å². The third kappa shape index (κ3) is 5.53. The lowest BCUT2D eigenvalue weighted by atomic mass is 9.92. The van der Waals surface area contributed by atoms with Gasteiger partial charge in [0.15, 0.2) is 6.29 Å². The van der Waals surface area contributed by atoms with Gasteiger partial charge in [-0.2, -0.15) is 0 Å². The van der Waals surface area contributed by atoms with Gasteiger partial charge >= 0.3 is 0 Å². The van der Waals surface area contributed by atoms with E-state index >= 15 is 0 Å². The molecule has 2 aromatic carbocycles. The summed E-state index contributed by atoms with van der Waals surface area (Å²) in [5.41, 5.74) is 2.72. The van der Waals surface area contributed by atoms with E-state index in [2.05, 4.69) is 0 Å². The van der Waals surface area contributed by atoms with Crippen LogP contribution in [0.25, 0.3) is 5.57 Å². The molecule has 4 unspecified atom stereocenters. The second-order valence-electron chi connectivity index (χ2n) is 8.13. The number of aliphatic hydroxyl groups is 1. The molecule has 2 N–H and O–H groups in total. The van der Waals surface area contributed by atoms with Gasteiger partial charge in [0.05, 0.1) is 30.0 Å². The topological polar surface area (TPSA) is 85.2 Å². The van der Waals surface area contributed by atoms with Crippen LogP contribution in [0.1, 0.15) is 50.0 Å². The lowest BCUT2D eigenvalue weighted by Gasteiger charge is -2.39. The molecule has 0 amide bonds. The highest BCUT2D eigenvalue weighted by molar-refractivity contribution is 6.06. The molecule has 1 aliphatic rings. The zero-order valence-corrected chi connectivity index (χ0v) is 18.3. The van der Waals surface area contributed by atoms with Crippen LogP contribution < -0.4 is 4.74 Å². The van der Waals surface area contributed by atoms with Crippen molar-refractivity contribution in [1.29, 1.82) is 0 Å². The number of phenols is 1. The highest BCUT2D eigenvalue weighted by atomic mass is 16.5. The number of hydrogen-bond acceptors (Lipinski definition) is 6. The largest absolute Gasteiger partial charge is 0.508 e. The van der Waals surface area contributed by atoms with Crippen LogP contribution in [0.3, 0.4) is 0 Å². The molecule has 3 rings (SSSR count). The predicted molar refractivity (Wildman–Crippen MR) is 118 cm³/mol. The second kappa shape index (κ2) is 10.1. The summed E-state index contributed by atoms with van der Waals surface area (Å²) in [6.07, 6.45) is 0.839. The van der Waals surface area contributed by atoms with Gasteiger partial charge in [0.2, 0.25) is 0 Å². The molecule has 0 radical (unpaired) electrons. The smallest absolute Gasteiger partial charge is 0.153 e. The molecular formula is C25H30O6. The normalized spacial score (nSPS) is 24.3. The number of phenolic OH excluding ortho intramolecular Hbond substituents is 1. The van der Waals surface area contributed by atoms with Crippen molar-refractivity contribution in [3.8, 4) is 11.5 Å². The number of carbonyl (C=O) groups is 1. The van der Waals surface area contributed by atoms with Gasteiger partial charge in [0, 0.05) is 12.0 Å². The summed E-state index contributed by atoms with van der Waals surface area (Å²) in [5, 5.41) is 20.0. The van der Waals surface area contributed by atoms with E-state index in [1.807, 2.05) is 45.9 Å². The summed E-state index contributed by atoms with van der Waals surface area (Å²) in [6, 6.07) is 12.1. The zero-order valence-electron chi connectivity index (χ0n) is 18.3. The predicted octanol–water partition coefficient (Wildman–Crippen LogP) is 4.32. The van der Waals surface area contributed by atoms with Gasteiger partial charge in [-0.3, -0.25) is 4.79 Å². The fraction of sp³-hybridized carbons (Fsp3) is 0.400. The van der Waals surface area contributed by atoms with E-state index < -0.39 is 12.2 Å². The third-order valence-electron chi connectivity index (χ3n) is 5.35. The Kier molecular flexibility index (Phi) is 7.49. The maximum absolute atomic E-state index is 11.6. The van der Waals surface area contributed by atoms with E-state index in [4.69, 9.17) is 14.2 Å². The first-order chi connectivity index (χ1) is 14.8. The average molecular weight is 427 g/mol. The maximum atomic E-state index is 11.6. The summed E-state index contributed by atoms with van der Waals surface area (Å²) in [7, 11) is 0. The Labute approximate surface area is 183 Å². The van der Waals surface area contributed by atoms with E-state index in [9.17, 15) is 15.0 Å². The molecule has 6 heteroatoms. The van der Waals surface area contributed by atoms with Gasteiger partial charge in [-0.1, -0.05) is 30.3 Å². The molecule has 2 aromatic rings. The van der Waals surface area contributed by atoms with Crippen molar-refractivity contribution in [3.05, 3.63) is 65.4 Å². The van der Waals surface area contributed by atoms with E-state index in [0.717, 1.165) is 11.1 Å². The lowest BCUT2D eigenvalue weighted by molar-refractivity contribution is -0.189. The van der Waals surface area contributed by atoms with Crippen molar-refractivity contribution >= 4 is 11.9 Å². The first kappa shape index (κ1) is 23.0. The molecule has 1 aliphatic heterocycles. The fourth-order valence-corrected chi connectivity index (χ4v) is 3.76. The molecule has 166 valence electrons. The summed E-state index contributed by atoms with van der Waals surface area (Å²) < 4.78 is 18.0. The molecule has 0 bridgehead atoms. The van der Waals surface area contributed by atoms with Crippen LogP contribution in [-0.4, -0.2) is 40.9 Å². The Morgan fingerprint density at radius 1 is 1.19 bits per heavy atom. The molecule has 1 heterocycles. The second-order valence-corrected chi connectivity index (χ2v) is 8.13. The van der Waals surface area contributed by atoms with Crippen LogP contribution in [-0.2, 0) is 14.3 Å². The minimum Gasteiger partial charge on any atom is -0.508 e. The van der Waals surface area contributed by atoms with Crippen LogP contribution in [0.4, 0.5) is 0 Å². The van der Waals surface area contributed by atoms with Crippen molar-refractivity contribution in [3.63, 3.8) is 0 Å². The minimum absolute atomic E-state index is 0.0118. The summed E-state index contributed by atoms with van der Waals surface area (Å²) in [4.78, 5) is 11.6. The number of ether oxygens (including phenoxy) is 3. The number of carbonyl (C=O) groups excluding carboxylic acids is 1. The highest BCUT2D eigenvalue weighted by Crippen LogP contribution is 2.39. The quantitative estimate of drug-likeness (QED) is 0.390. The standard InChI is InChI=1S/C25H30O6/c1-15(2)30-23-12-22(31-17(4)24(23)28)21-7-5-6-16(3)25(21)29-14-19(13-26)18-8-10-20(27)11-9-18/h5-11,13-15,17,22-24,27-28H,12H2,1-4H3/b19-14+. The Hall–Kier alpha value is -2.67.